The van der Waals surface area contributed by atoms with E-state index in [0.717, 1.165) is 6.54 Å². The Morgan fingerprint density at radius 1 is 0.900 bits per heavy atom. The summed E-state index contributed by atoms with van der Waals surface area (Å²) in [6.45, 7) is 3.43. The summed E-state index contributed by atoms with van der Waals surface area (Å²) in [5.74, 6) is 0. The highest BCUT2D eigenvalue weighted by molar-refractivity contribution is 5.55. The van der Waals surface area contributed by atoms with Crippen LogP contribution >= 0.6 is 0 Å². The maximum atomic E-state index is 3.67. The lowest BCUT2D eigenvalue weighted by atomic mass is 9.90. The van der Waals surface area contributed by atoms with Crippen molar-refractivity contribution < 1.29 is 0 Å². The fourth-order valence-electron chi connectivity index (χ4n) is 3.25. The molecule has 1 aromatic rings. The lowest BCUT2D eigenvalue weighted by Crippen LogP contribution is -2.09. The van der Waals surface area contributed by atoms with Crippen LogP contribution in [0.4, 0.5) is 5.69 Å². The summed E-state index contributed by atoms with van der Waals surface area (Å²) in [7, 11) is 0. The van der Waals surface area contributed by atoms with Crippen LogP contribution in [0.1, 0.15) is 75.8 Å². The van der Waals surface area contributed by atoms with E-state index in [1.807, 2.05) is 0 Å². The number of rotatable bonds is 9. The Morgan fingerprint density at radius 2 is 1.65 bits per heavy atom. The van der Waals surface area contributed by atoms with Gasteiger partial charge in [-0.05, 0) is 49.3 Å². The van der Waals surface area contributed by atoms with E-state index in [2.05, 4.69) is 30.4 Å². The molecule has 2 rings (SSSR count). The van der Waals surface area contributed by atoms with Gasteiger partial charge in [-0.3, -0.25) is 0 Å². The molecule has 0 heterocycles. The quantitative estimate of drug-likeness (QED) is 0.567. The Morgan fingerprint density at radius 3 is 2.50 bits per heavy atom. The molecule has 0 atom stereocenters. The fourth-order valence-corrected chi connectivity index (χ4v) is 3.25. The third kappa shape index (κ3) is 4.85. The largest absolute Gasteiger partial charge is 0.385 e. The van der Waals surface area contributed by atoms with E-state index in [9.17, 15) is 0 Å². The molecule has 0 spiro atoms. The van der Waals surface area contributed by atoms with E-state index >= 15 is 0 Å². The summed E-state index contributed by atoms with van der Waals surface area (Å²) >= 11 is 0. The van der Waals surface area contributed by atoms with Gasteiger partial charge in [-0.25, -0.2) is 0 Å². The van der Waals surface area contributed by atoms with Crippen LogP contribution < -0.4 is 5.32 Å². The van der Waals surface area contributed by atoms with Gasteiger partial charge >= 0.3 is 0 Å². The van der Waals surface area contributed by atoms with Crippen LogP contribution in [-0.4, -0.2) is 6.54 Å². The number of nitrogens with one attached hydrogen (secondary N) is 1. The van der Waals surface area contributed by atoms with Gasteiger partial charge in [0.2, 0.25) is 0 Å². The molecule has 112 valence electrons. The summed E-state index contributed by atoms with van der Waals surface area (Å²) in [4.78, 5) is 0. The third-order valence-electron chi connectivity index (χ3n) is 4.49. The number of aryl methyl sites for hydroxylation is 1. The molecular formula is C19H31N. The second-order valence-electron chi connectivity index (χ2n) is 6.20. The molecule has 0 aliphatic heterocycles. The van der Waals surface area contributed by atoms with Crippen LogP contribution in [0.25, 0.3) is 0 Å². The van der Waals surface area contributed by atoms with Crippen molar-refractivity contribution in [3.05, 3.63) is 29.3 Å². The van der Waals surface area contributed by atoms with Crippen molar-refractivity contribution in [2.75, 3.05) is 11.9 Å². The number of hydrogen-bond donors (Lipinski definition) is 1. The Kier molecular flexibility index (Phi) is 6.97. The summed E-state index contributed by atoms with van der Waals surface area (Å²) in [6.07, 6.45) is 15.0. The number of unbranched alkanes of at least 4 members (excludes halogenated alkanes) is 6. The lowest BCUT2D eigenvalue weighted by molar-refractivity contribution is 0.596. The first kappa shape index (κ1) is 15.4. The van der Waals surface area contributed by atoms with Gasteiger partial charge in [-0.2, -0.15) is 0 Å². The van der Waals surface area contributed by atoms with Gasteiger partial charge in [0.25, 0.3) is 0 Å². The predicted octanol–water partition coefficient (Wildman–Crippen LogP) is 5.73. The highest BCUT2D eigenvalue weighted by atomic mass is 14.9. The van der Waals surface area contributed by atoms with Gasteiger partial charge in [-0.15, -0.1) is 0 Å². The van der Waals surface area contributed by atoms with Gasteiger partial charge in [0, 0.05) is 12.2 Å². The summed E-state index contributed by atoms with van der Waals surface area (Å²) < 4.78 is 0. The molecule has 1 aliphatic rings. The topological polar surface area (TPSA) is 12.0 Å². The Balaban J connectivity index is 1.64. The van der Waals surface area contributed by atoms with E-state index in [1.165, 1.54) is 76.3 Å². The standard InChI is InChI=1S/C19H31N/c1-2-3-4-5-6-7-10-16-20-19-15-11-13-17-12-8-9-14-18(17)19/h11,13,15,20H,2-10,12,14,16H2,1H3. The van der Waals surface area contributed by atoms with Gasteiger partial charge in [0.15, 0.2) is 0 Å². The number of benzene rings is 1. The van der Waals surface area contributed by atoms with Crippen molar-refractivity contribution in [2.45, 2.75) is 77.6 Å². The van der Waals surface area contributed by atoms with Gasteiger partial charge in [-0.1, -0.05) is 57.6 Å². The smallest absolute Gasteiger partial charge is 0.0375 e. The highest BCUT2D eigenvalue weighted by Gasteiger charge is 2.12. The zero-order valence-electron chi connectivity index (χ0n) is 13.2. The molecule has 0 bridgehead atoms. The first-order chi connectivity index (χ1) is 9.92. The van der Waals surface area contributed by atoms with Gasteiger partial charge < -0.3 is 5.32 Å². The fraction of sp³-hybridized carbons (Fsp3) is 0.684. The van der Waals surface area contributed by atoms with E-state index in [4.69, 9.17) is 0 Å². The second-order valence-corrected chi connectivity index (χ2v) is 6.20. The molecule has 20 heavy (non-hydrogen) atoms. The van der Waals surface area contributed by atoms with Crippen LogP contribution in [0.5, 0.6) is 0 Å². The molecular weight excluding hydrogens is 242 g/mol. The zero-order chi connectivity index (χ0) is 14.0. The predicted molar refractivity (Wildman–Crippen MR) is 89.6 cm³/mol. The zero-order valence-corrected chi connectivity index (χ0v) is 13.2. The minimum Gasteiger partial charge on any atom is -0.385 e. The normalized spacial score (nSPS) is 14.1. The van der Waals surface area contributed by atoms with Crippen molar-refractivity contribution in [1.29, 1.82) is 0 Å². The molecule has 0 saturated carbocycles. The molecule has 1 aromatic carbocycles. The molecule has 1 N–H and O–H groups in total. The van der Waals surface area contributed by atoms with Crippen LogP contribution in [0.15, 0.2) is 18.2 Å². The monoisotopic (exact) mass is 273 g/mol. The van der Waals surface area contributed by atoms with Crippen molar-refractivity contribution >= 4 is 5.69 Å². The SMILES string of the molecule is CCCCCCCCCNc1cccc2c1CCCC2. The summed E-state index contributed by atoms with van der Waals surface area (Å²) in [6, 6.07) is 6.80. The maximum Gasteiger partial charge on any atom is 0.0375 e. The molecule has 1 nitrogen and oxygen atoms in total. The average Bonchev–Trinajstić information content (AvgIpc) is 2.50. The van der Waals surface area contributed by atoms with Crippen LogP contribution in [0.3, 0.4) is 0 Å². The summed E-state index contributed by atoms with van der Waals surface area (Å²) in [5, 5.41) is 3.67. The van der Waals surface area contributed by atoms with Crippen LogP contribution in [0, 0.1) is 0 Å². The molecule has 1 heteroatoms. The Bertz CT molecular complexity index is 383. The van der Waals surface area contributed by atoms with Crippen molar-refractivity contribution in [3.8, 4) is 0 Å². The van der Waals surface area contributed by atoms with Crippen molar-refractivity contribution in [3.63, 3.8) is 0 Å². The molecule has 0 aromatic heterocycles. The van der Waals surface area contributed by atoms with E-state index in [-0.39, 0.29) is 0 Å². The number of hydrogen-bond acceptors (Lipinski definition) is 1. The molecule has 0 radical (unpaired) electrons. The van der Waals surface area contributed by atoms with Crippen LogP contribution in [0.2, 0.25) is 0 Å². The Labute approximate surface area is 125 Å². The first-order valence-electron chi connectivity index (χ1n) is 8.76. The molecule has 0 unspecified atom stereocenters. The number of anilines is 1. The molecule has 1 aliphatic carbocycles. The highest BCUT2D eigenvalue weighted by Crippen LogP contribution is 2.27. The summed E-state index contributed by atoms with van der Waals surface area (Å²) in [5.41, 5.74) is 4.59. The van der Waals surface area contributed by atoms with Crippen molar-refractivity contribution in [1.82, 2.24) is 0 Å². The van der Waals surface area contributed by atoms with Crippen molar-refractivity contribution in [2.24, 2.45) is 0 Å². The van der Waals surface area contributed by atoms with Gasteiger partial charge in [0.05, 0.1) is 0 Å². The molecule has 0 amide bonds. The lowest BCUT2D eigenvalue weighted by Gasteiger charge is -2.20. The minimum absolute atomic E-state index is 1.14. The number of fused-ring (bicyclic) bond motifs is 1. The first-order valence-corrected chi connectivity index (χ1v) is 8.76. The van der Waals surface area contributed by atoms with E-state index in [0.29, 0.717) is 0 Å². The molecule has 0 saturated heterocycles. The van der Waals surface area contributed by atoms with E-state index in [1.54, 1.807) is 11.1 Å². The Hall–Kier alpha value is -0.980. The minimum atomic E-state index is 1.14. The van der Waals surface area contributed by atoms with Crippen LogP contribution in [-0.2, 0) is 12.8 Å². The second kappa shape index (κ2) is 9.05. The average molecular weight is 273 g/mol. The maximum absolute atomic E-state index is 3.67. The third-order valence-corrected chi connectivity index (χ3v) is 4.49. The molecule has 0 fully saturated rings. The van der Waals surface area contributed by atoms with Gasteiger partial charge in [0.1, 0.15) is 0 Å². The van der Waals surface area contributed by atoms with E-state index < -0.39 is 0 Å².